The third-order valence-electron chi connectivity index (χ3n) is 6.49. The van der Waals surface area contributed by atoms with Gasteiger partial charge in [-0.3, -0.25) is 9.69 Å². The SMILES string of the molecule is CC(C)(C)OC(=O)N[C@@H](CCO)C(=O)C[C@H]1CCOC1.CC(C)(C)OC(=O)N[C@H]1CCN([C@H]2CCOC2)C1O. The smallest absolute Gasteiger partial charge is 0.408 e. The van der Waals surface area contributed by atoms with Crippen molar-refractivity contribution in [2.45, 2.75) is 109 Å². The fraction of sp³-hybridized carbons (Fsp3) is 0.889. The number of ether oxygens (including phenoxy) is 4. The Bertz CT molecular complexity index is 784. The Balaban J connectivity index is 0.000000274. The van der Waals surface area contributed by atoms with E-state index in [1.807, 2.05) is 25.7 Å². The molecule has 0 aromatic carbocycles. The summed E-state index contributed by atoms with van der Waals surface area (Å²) in [5.41, 5.74) is -1.14. The van der Waals surface area contributed by atoms with Gasteiger partial charge in [0.1, 0.15) is 17.4 Å². The molecule has 39 heavy (non-hydrogen) atoms. The molecule has 0 aromatic heterocycles. The minimum atomic E-state index is -0.699. The van der Waals surface area contributed by atoms with Gasteiger partial charge in [-0.15, -0.1) is 0 Å². The van der Waals surface area contributed by atoms with Gasteiger partial charge in [0.15, 0.2) is 5.78 Å². The van der Waals surface area contributed by atoms with Gasteiger partial charge < -0.3 is 39.8 Å². The highest BCUT2D eigenvalue weighted by Crippen LogP contribution is 2.24. The van der Waals surface area contributed by atoms with Gasteiger partial charge in [-0.2, -0.15) is 0 Å². The molecule has 3 saturated heterocycles. The fourth-order valence-electron chi connectivity index (χ4n) is 4.65. The van der Waals surface area contributed by atoms with Crippen LogP contribution in [-0.2, 0) is 23.7 Å². The molecule has 0 aromatic rings. The first-order valence-electron chi connectivity index (χ1n) is 13.9. The van der Waals surface area contributed by atoms with Gasteiger partial charge in [-0.25, -0.2) is 9.59 Å². The molecule has 226 valence electrons. The van der Waals surface area contributed by atoms with Crippen LogP contribution in [0.15, 0.2) is 0 Å². The monoisotopic (exact) mass is 559 g/mol. The number of aliphatic hydroxyl groups is 2. The van der Waals surface area contributed by atoms with Crippen LogP contribution in [0.25, 0.3) is 0 Å². The molecule has 0 bridgehead atoms. The summed E-state index contributed by atoms with van der Waals surface area (Å²) in [6, 6.07) is -0.702. The number of nitrogens with one attached hydrogen (secondary N) is 2. The minimum Gasteiger partial charge on any atom is -0.444 e. The van der Waals surface area contributed by atoms with Gasteiger partial charge in [0.05, 0.1) is 18.7 Å². The minimum absolute atomic E-state index is 0.0830. The second-order valence-electron chi connectivity index (χ2n) is 12.3. The van der Waals surface area contributed by atoms with E-state index in [0.717, 1.165) is 32.4 Å². The number of amides is 2. The van der Waals surface area contributed by atoms with Crippen molar-refractivity contribution in [2.75, 3.05) is 39.6 Å². The van der Waals surface area contributed by atoms with Gasteiger partial charge in [0.25, 0.3) is 0 Å². The lowest BCUT2D eigenvalue weighted by Gasteiger charge is -2.28. The van der Waals surface area contributed by atoms with E-state index >= 15 is 0 Å². The van der Waals surface area contributed by atoms with E-state index in [2.05, 4.69) is 10.6 Å². The highest BCUT2D eigenvalue weighted by Gasteiger charge is 2.39. The average molecular weight is 560 g/mol. The van der Waals surface area contributed by atoms with Gasteiger partial charge >= 0.3 is 12.2 Å². The van der Waals surface area contributed by atoms with Crippen molar-refractivity contribution < 1.29 is 43.5 Å². The number of carbonyl (C=O) groups excluding carboxylic acids is 3. The van der Waals surface area contributed by atoms with Crippen LogP contribution in [0.1, 0.15) is 73.6 Å². The van der Waals surface area contributed by atoms with E-state index in [1.165, 1.54) is 0 Å². The average Bonchev–Trinajstić information content (AvgIpc) is 3.55. The molecule has 0 aliphatic carbocycles. The van der Waals surface area contributed by atoms with Crippen molar-refractivity contribution in [1.29, 1.82) is 0 Å². The maximum atomic E-state index is 12.2. The normalized spacial score (nSPS) is 26.4. The molecule has 2 amide bonds. The highest BCUT2D eigenvalue weighted by atomic mass is 16.6. The number of carbonyl (C=O) groups is 3. The first-order valence-corrected chi connectivity index (χ1v) is 13.9. The Morgan fingerprint density at radius 3 is 2.10 bits per heavy atom. The lowest BCUT2D eigenvalue weighted by Crippen LogP contribution is -2.49. The van der Waals surface area contributed by atoms with E-state index in [-0.39, 0.29) is 36.8 Å². The quantitative estimate of drug-likeness (QED) is 0.347. The third-order valence-corrected chi connectivity index (χ3v) is 6.49. The molecule has 3 heterocycles. The summed E-state index contributed by atoms with van der Waals surface area (Å²) in [5.74, 6) is 0.129. The second kappa shape index (κ2) is 15.1. The molecule has 4 N–H and O–H groups in total. The summed E-state index contributed by atoms with van der Waals surface area (Å²) in [5, 5.41) is 24.6. The molecular formula is C27H49N3O9. The highest BCUT2D eigenvalue weighted by molar-refractivity contribution is 5.87. The van der Waals surface area contributed by atoms with Crippen LogP contribution in [0.4, 0.5) is 9.59 Å². The fourth-order valence-corrected chi connectivity index (χ4v) is 4.65. The Morgan fingerprint density at radius 1 is 0.949 bits per heavy atom. The lowest BCUT2D eigenvalue weighted by molar-refractivity contribution is -0.122. The van der Waals surface area contributed by atoms with Crippen molar-refractivity contribution in [3.8, 4) is 0 Å². The summed E-state index contributed by atoms with van der Waals surface area (Å²) in [6.07, 6.45) is 1.34. The maximum Gasteiger partial charge on any atom is 0.408 e. The summed E-state index contributed by atoms with van der Waals surface area (Å²) in [7, 11) is 0. The van der Waals surface area contributed by atoms with E-state index in [1.54, 1.807) is 20.8 Å². The van der Waals surface area contributed by atoms with Crippen molar-refractivity contribution in [1.82, 2.24) is 15.5 Å². The van der Waals surface area contributed by atoms with E-state index in [0.29, 0.717) is 26.2 Å². The third kappa shape index (κ3) is 12.4. The van der Waals surface area contributed by atoms with Crippen molar-refractivity contribution in [3.63, 3.8) is 0 Å². The predicted molar refractivity (Wildman–Crippen MR) is 143 cm³/mol. The van der Waals surface area contributed by atoms with Crippen LogP contribution in [0.2, 0.25) is 0 Å². The van der Waals surface area contributed by atoms with Gasteiger partial charge in [0, 0.05) is 45.4 Å². The Morgan fingerprint density at radius 2 is 1.56 bits per heavy atom. The zero-order valence-electron chi connectivity index (χ0n) is 24.4. The zero-order chi connectivity index (χ0) is 29.2. The number of alkyl carbamates (subject to hydrolysis) is 2. The Labute approximate surface area is 232 Å². The van der Waals surface area contributed by atoms with Crippen LogP contribution >= 0.6 is 0 Å². The van der Waals surface area contributed by atoms with E-state index in [9.17, 15) is 19.5 Å². The number of nitrogens with zero attached hydrogens (tertiary/aromatic N) is 1. The molecule has 3 rings (SSSR count). The van der Waals surface area contributed by atoms with Gasteiger partial charge in [-0.1, -0.05) is 0 Å². The van der Waals surface area contributed by atoms with E-state index < -0.39 is 35.7 Å². The van der Waals surface area contributed by atoms with Gasteiger partial charge in [-0.05, 0) is 73.1 Å². The number of hydrogen-bond donors (Lipinski definition) is 4. The van der Waals surface area contributed by atoms with Gasteiger partial charge in [0.2, 0.25) is 0 Å². The first-order chi connectivity index (χ1) is 18.2. The molecule has 3 aliphatic heterocycles. The molecule has 3 fully saturated rings. The summed E-state index contributed by atoms with van der Waals surface area (Å²) in [4.78, 5) is 37.6. The second-order valence-corrected chi connectivity index (χ2v) is 12.3. The van der Waals surface area contributed by atoms with Crippen molar-refractivity contribution in [3.05, 3.63) is 0 Å². The summed E-state index contributed by atoms with van der Waals surface area (Å²) in [6.45, 7) is 14.0. The molecule has 0 saturated carbocycles. The molecule has 12 nitrogen and oxygen atoms in total. The number of aliphatic hydroxyl groups excluding tert-OH is 2. The number of hydrogen-bond acceptors (Lipinski definition) is 10. The summed E-state index contributed by atoms with van der Waals surface area (Å²) < 4.78 is 20.9. The number of likely N-dealkylation sites (tertiary alicyclic amines) is 1. The number of rotatable bonds is 8. The van der Waals surface area contributed by atoms with Crippen LogP contribution in [-0.4, -0.2) is 108 Å². The number of Topliss-reactive ketones (excluding diaryl/α,β-unsaturated/α-hetero) is 1. The maximum absolute atomic E-state index is 12.2. The Kier molecular flexibility index (Phi) is 12.9. The van der Waals surface area contributed by atoms with Crippen LogP contribution in [0, 0.1) is 5.92 Å². The van der Waals surface area contributed by atoms with Crippen LogP contribution < -0.4 is 10.6 Å². The molecular weight excluding hydrogens is 510 g/mol. The van der Waals surface area contributed by atoms with Crippen LogP contribution in [0.3, 0.4) is 0 Å². The molecule has 0 radical (unpaired) electrons. The first kappa shape index (κ1) is 33.2. The molecule has 3 aliphatic rings. The largest absolute Gasteiger partial charge is 0.444 e. The van der Waals surface area contributed by atoms with Crippen molar-refractivity contribution >= 4 is 18.0 Å². The molecule has 5 atom stereocenters. The molecule has 1 unspecified atom stereocenters. The lowest BCUT2D eigenvalue weighted by atomic mass is 9.97. The van der Waals surface area contributed by atoms with Crippen LogP contribution in [0.5, 0.6) is 0 Å². The summed E-state index contributed by atoms with van der Waals surface area (Å²) >= 11 is 0. The number of ketones is 1. The standard InChI is InChI=1S/C14H25NO5.C13H24N2O4/c1-14(2,3)20-13(18)15-11(4-6-16)12(17)8-10-5-7-19-9-10;1-13(2,3)19-12(17)14-10-4-6-15(11(10)16)9-5-7-18-8-9/h10-11,16H,4-9H2,1-3H3,(H,15,18);9-11,16H,4-8H2,1-3H3,(H,14,17)/t10-,11+;9-,10-,11?/m10/s1. The zero-order valence-corrected chi connectivity index (χ0v) is 24.4. The van der Waals surface area contributed by atoms with Crippen molar-refractivity contribution in [2.24, 2.45) is 5.92 Å². The molecule has 12 heteroatoms. The van der Waals surface area contributed by atoms with E-state index in [4.69, 9.17) is 24.1 Å². The molecule has 0 spiro atoms. The predicted octanol–water partition coefficient (Wildman–Crippen LogP) is 1.95. The topological polar surface area (TPSA) is 156 Å². The Hall–Kier alpha value is -1.99.